The zero-order valence-corrected chi connectivity index (χ0v) is 13.3. The maximum absolute atomic E-state index is 12.1. The number of nitrogens with one attached hydrogen (secondary N) is 3. The van der Waals surface area contributed by atoms with Gasteiger partial charge in [-0.15, -0.1) is 0 Å². The Labute approximate surface area is 140 Å². The molecule has 0 aliphatic carbocycles. The molecular weight excluding hydrogens is 312 g/mol. The van der Waals surface area contributed by atoms with Crippen molar-refractivity contribution < 1.29 is 14.7 Å². The first-order chi connectivity index (χ1) is 11.3. The maximum Gasteiger partial charge on any atom is 0.240 e. The highest BCUT2D eigenvalue weighted by Crippen LogP contribution is 2.11. The first-order valence-corrected chi connectivity index (χ1v) is 7.50. The predicted molar refractivity (Wildman–Crippen MR) is 90.1 cm³/mol. The van der Waals surface area contributed by atoms with Crippen LogP contribution >= 0.6 is 0 Å². The number of carbonyl (C=O) groups excluding carboxylic acids is 2. The molecule has 132 valence electrons. The molecule has 24 heavy (non-hydrogen) atoms. The second-order valence-electron chi connectivity index (χ2n) is 5.42. The van der Waals surface area contributed by atoms with Gasteiger partial charge < -0.3 is 32.9 Å². The minimum absolute atomic E-state index is 0.129. The fraction of sp³-hybridized carbons (Fsp3) is 0.400. The van der Waals surface area contributed by atoms with Crippen LogP contribution in [0.4, 0.5) is 0 Å². The molecule has 9 heteroatoms. The Morgan fingerprint density at radius 2 is 1.83 bits per heavy atom. The fourth-order valence-corrected chi connectivity index (χ4v) is 2.07. The first kappa shape index (κ1) is 19.2. The molecule has 0 aromatic heterocycles. The standard InChI is InChI=1S/C15H24N6O3/c16-11(8-9-3-5-10(22)6-4-9)14(24)21-12(13(17)23)2-1-7-20-15(18)19/h3-6,11-12,22H,1-2,7-8,16H2,(H2,17,23)(H,21,24)(H4,18,19,20)/t11-,12+/m0/s1. The van der Waals surface area contributed by atoms with Crippen molar-refractivity contribution in [3.05, 3.63) is 29.8 Å². The topological polar surface area (TPSA) is 180 Å². The zero-order chi connectivity index (χ0) is 18.1. The summed E-state index contributed by atoms with van der Waals surface area (Å²) in [7, 11) is 0. The average molecular weight is 336 g/mol. The van der Waals surface area contributed by atoms with Gasteiger partial charge in [0.2, 0.25) is 11.8 Å². The molecule has 1 rings (SSSR count). The zero-order valence-electron chi connectivity index (χ0n) is 13.3. The van der Waals surface area contributed by atoms with Crippen molar-refractivity contribution >= 4 is 17.8 Å². The maximum atomic E-state index is 12.1. The van der Waals surface area contributed by atoms with Crippen LogP contribution in [0, 0.1) is 5.41 Å². The second kappa shape index (κ2) is 9.36. The Hall–Kier alpha value is -2.81. The van der Waals surface area contributed by atoms with Crippen LogP contribution < -0.4 is 27.8 Å². The van der Waals surface area contributed by atoms with Crippen molar-refractivity contribution in [1.82, 2.24) is 10.6 Å². The van der Waals surface area contributed by atoms with E-state index < -0.39 is 23.9 Å². The summed E-state index contributed by atoms with van der Waals surface area (Å²) in [6.07, 6.45) is 1.08. The Balaban J connectivity index is 2.49. The average Bonchev–Trinajstić information content (AvgIpc) is 2.51. The minimum Gasteiger partial charge on any atom is -0.508 e. The molecule has 1 aromatic rings. The molecule has 10 N–H and O–H groups in total. The van der Waals surface area contributed by atoms with Gasteiger partial charge >= 0.3 is 0 Å². The molecule has 0 aliphatic heterocycles. The van der Waals surface area contributed by atoms with Crippen molar-refractivity contribution in [3.63, 3.8) is 0 Å². The van der Waals surface area contributed by atoms with Gasteiger partial charge in [-0.1, -0.05) is 12.1 Å². The van der Waals surface area contributed by atoms with Crippen molar-refractivity contribution in [3.8, 4) is 5.75 Å². The fourth-order valence-electron chi connectivity index (χ4n) is 2.07. The molecule has 0 bridgehead atoms. The van der Waals surface area contributed by atoms with Crippen molar-refractivity contribution in [2.24, 2.45) is 17.2 Å². The summed E-state index contributed by atoms with van der Waals surface area (Å²) < 4.78 is 0. The molecule has 2 amide bonds. The van der Waals surface area contributed by atoms with E-state index in [0.29, 0.717) is 19.4 Å². The number of primary amides is 1. The number of guanidine groups is 1. The lowest BCUT2D eigenvalue weighted by atomic mass is 10.0. The van der Waals surface area contributed by atoms with Gasteiger partial charge in [0.1, 0.15) is 11.8 Å². The number of phenolic OH excluding ortho intramolecular Hbond substituents is 1. The van der Waals surface area contributed by atoms with Crippen LogP contribution in [0.3, 0.4) is 0 Å². The Morgan fingerprint density at radius 1 is 1.21 bits per heavy atom. The molecule has 0 heterocycles. The van der Waals surface area contributed by atoms with Gasteiger partial charge in [-0.05, 0) is 37.0 Å². The van der Waals surface area contributed by atoms with Crippen LogP contribution in [0.15, 0.2) is 24.3 Å². The van der Waals surface area contributed by atoms with Crippen LogP contribution in [-0.4, -0.2) is 41.5 Å². The van der Waals surface area contributed by atoms with Crippen LogP contribution in [0.5, 0.6) is 5.75 Å². The summed E-state index contributed by atoms with van der Waals surface area (Å²) in [4.78, 5) is 23.5. The molecule has 0 aliphatic rings. The highest BCUT2D eigenvalue weighted by Gasteiger charge is 2.21. The summed E-state index contributed by atoms with van der Waals surface area (Å²) in [6, 6.07) is 4.68. The van der Waals surface area contributed by atoms with Gasteiger partial charge in [0, 0.05) is 6.54 Å². The number of amides is 2. The lowest BCUT2D eigenvalue weighted by molar-refractivity contribution is -0.128. The molecule has 0 radical (unpaired) electrons. The number of benzene rings is 1. The third kappa shape index (κ3) is 6.97. The van der Waals surface area contributed by atoms with E-state index in [0.717, 1.165) is 5.56 Å². The minimum atomic E-state index is -0.841. The number of nitrogens with two attached hydrogens (primary N) is 3. The predicted octanol–water partition coefficient (Wildman–Crippen LogP) is -1.50. The van der Waals surface area contributed by atoms with Gasteiger partial charge in [-0.25, -0.2) is 0 Å². The van der Waals surface area contributed by atoms with Gasteiger partial charge in [0.05, 0.1) is 6.04 Å². The quantitative estimate of drug-likeness (QED) is 0.163. The second-order valence-corrected chi connectivity index (χ2v) is 5.42. The van der Waals surface area contributed by atoms with Crippen LogP contribution in [-0.2, 0) is 16.0 Å². The SMILES string of the molecule is N=C(N)NCCC[C@@H](NC(=O)[C@@H](N)Cc1ccc(O)cc1)C(N)=O. The van der Waals surface area contributed by atoms with Crippen LogP contribution in [0.25, 0.3) is 0 Å². The van der Waals surface area contributed by atoms with E-state index >= 15 is 0 Å². The highest BCUT2D eigenvalue weighted by atomic mass is 16.3. The van der Waals surface area contributed by atoms with Gasteiger partial charge in [0.15, 0.2) is 5.96 Å². The molecule has 2 atom stereocenters. The van der Waals surface area contributed by atoms with E-state index in [1.807, 2.05) is 0 Å². The van der Waals surface area contributed by atoms with E-state index in [1.165, 1.54) is 12.1 Å². The van der Waals surface area contributed by atoms with Gasteiger partial charge in [-0.2, -0.15) is 0 Å². The molecule has 0 unspecified atom stereocenters. The molecule has 0 fully saturated rings. The first-order valence-electron chi connectivity index (χ1n) is 7.50. The normalized spacial score (nSPS) is 12.9. The van der Waals surface area contributed by atoms with Gasteiger partial charge in [0.25, 0.3) is 0 Å². The Kier molecular flexibility index (Phi) is 7.50. The lowest BCUT2D eigenvalue weighted by Crippen LogP contribution is -2.51. The van der Waals surface area contributed by atoms with E-state index in [9.17, 15) is 14.7 Å². The number of phenols is 1. The van der Waals surface area contributed by atoms with Crippen LogP contribution in [0.2, 0.25) is 0 Å². The third-order valence-corrected chi connectivity index (χ3v) is 3.37. The summed E-state index contributed by atoms with van der Waals surface area (Å²) >= 11 is 0. The Morgan fingerprint density at radius 3 is 2.38 bits per heavy atom. The van der Waals surface area contributed by atoms with Crippen molar-refractivity contribution in [1.29, 1.82) is 5.41 Å². The van der Waals surface area contributed by atoms with Crippen molar-refractivity contribution in [2.45, 2.75) is 31.3 Å². The largest absolute Gasteiger partial charge is 0.508 e. The van der Waals surface area contributed by atoms with E-state index in [2.05, 4.69) is 10.6 Å². The molecule has 0 spiro atoms. The summed E-state index contributed by atoms with van der Waals surface area (Å²) in [5.41, 5.74) is 17.1. The molecule has 0 saturated heterocycles. The molecule has 1 aromatic carbocycles. The van der Waals surface area contributed by atoms with Crippen LogP contribution in [0.1, 0.15) is 18.4 Å². The number of rotatable bonds is 9. The van der Waals surface area contributed by atoms with E-state index in [1.54, 1.807) is 12.1 Å². The lowest BCUT2D eigenvalue weighted by Gasteiger charge is -2.19. The number of hydrogen-bond donors (Lipinski definition) is 7. The van der Waals surface area contributed by atoms with Gasteiger partial charge in [-0.3, -0.25) is 15.0 Å². The summed E-state index contributed by atoms with van der Waals surface area (Å²) in [6.45, 7) is 0.397. The summed E-state index contributed by atoms with van der Waals surface area (Å²) in [5, 5.41) is 21.4. The highest BCUT2D eigenvalue weighted by molar-refractivity contribution is 5.89. The van der Waals surface area contributed by atoms with E-state index in [-0.39, 0.29) is 18.1 Å². The molecule has 9 nitrogen and oxygen atoms in total. The summed E-state index contributed by atoms with van der Waals surface area (Å²) in [5.74, 6) is -1.16. The smallest absolute Gasteiger partial charge is 0.240 e. The monoisotopic (exact) mass is 336 g/mol. The number of carbonyl (C=O) groups is 2. The van der Waals surface area contributed by atoms with E-state index in [4.69, 9.17) is 22.6 Å². The van der Waals surface area contributed by atoms with Crippen molar-refractivity contribution in [2.75, 3.05) is 6.54 Å². The Bertz CT molecular complexity index is 575. The molecule has 0 saturated carbocycles. The number of hydrogen-bond acceptors (Lipinski definition) is 5. The molecular formula is C15H24N6O3. The third-order valence-electron chi connectivity index (χ3n) is 3.37. The number of aromatic hydroxyl groups is 1.